The minimum absolute atomic E-state index is 0.294. The highest BCUT2D eigenvalue weighted by Gasteiger charge is 2.27. The van der Waals surface area contributed by atoms with E-state index in [4.69, 9.17) is 16.3 Å². The molecular formula is C9H12ClN3O. The maximum absolute atomic E-state index is 5.69. The summed E-state index contributed by atoms with van der Waals surface area (Å²) < 4.78 is 5.44. The molecule has 2 heterocycles. The molecule has 0 saturated carbocycles. The summed E-state index contributed by atoms with van der Waals surface area (Å²) in [7, 11) is 0. The molecule has 2 rings (SSSR count). The van der Waals surface area contributed by atoms with Crippen molar-refractivity contribution in [1.29, 1.82) is 0 Å². The topological polar surface area (TPSA) is 38.2 Å². The van der Waals surface area contributed by atoms with Crippen molar-refractivity contribution in [3.8, 4) is 0 Å². The molecule has 0 aliphatic carbocycles. The lowest BCUT2D eigenvalue weighted by Crippen LogP contribution is -2.52. The van der Waals surface area contributed by atoms with E-state index < -0.39 is 0 Å². The predicted octanol–water partition coefficient (Wildman–Crippen LogP) is 1.36. The van der Waals surface area contributed by atoms with Crippen LogP contribution in [-0.2, 0) is 4.74 Å². The van der Waals surface area contributed by atoms with Crippen molar-refractivity contribution >= 4 is 17.4 Å². The number of rotatable bonds is 3. The molecule has 1 fully saturated rings. The van der Waals surface area contributed by atoms with Gasteiger partial charge in [0.2, 0.25) is 5.28 Å². The standard InChI is InChI=1S/C9H12ClN3O/c1-2-14-7-5-13(6-7)8-3-4-11-9(10)12-8/h3-4,7H,2,5-6H2,1H3. The summed E-state index contributed by atoms with van der Waals surface area (Å²) in [4.78, 5) is 10.1. The Morgan fingerprint density at radius 3 is 3.07 bits per heavy atom. The Morgan fingerprint density at radius 2 is 2.43 bits per heavy atom. The van der Waals surface area contributed by atoms with Gasteiger partial charge in [-0.15, -0.1) is 0 Å². The third-order valence-corrected chi connectivity index (χ3v) is 2.37. The predicted molar refractivity (Wildman–Crippen MR) is 54.7 cm³/mol. The summed E-state index contributed by atoms with van der Waals surface area (Å²) in [6.45, 7) is 4.55. The van der Waals surface area contributed by atoms with Crippen LogP contribution in [0.5, 0.6) is 0 Å². The van der Waals surface area contributed by atoms with Crippen molar-refractivity contribution in [1.82, 2.24) is 9.97 Å². The van der Waals surface area contributed by atoms with E-state index in [2.05, 4.69) is 14.9 Å². The second-order valence-electron chi connectivity index (χ2n) is 3.17. The minimum Gasteiger partial charge on any atom is -0.375 e. The number of ether oxygens (including phenoxy) is 1. The number of hydrogen-bond acceptors (Lipinski definition) is 4. The fourth-order valence-electron chi connectivity index (χ4n) is 1.47. The van der Waals surface area contributed by atoms with Crippen LogP contribution in [0, 0.1) is 0 Å². The summed E-state index contributed by atoms with van der Waals surface area (Å²) in [5, 5.41) is 0.294. The maximum atomic E-state index is 5.69. The van der Waals surface area contributed by atoms with Crippen LogP contribution in [0.25, 0.3) is 0 Å². The molecule has 1 aromatic rings. The molecule has 4 nitrogen and oxygen atoms in total. The first-order valence-electron chi connectivity index (χ1n) is 4.64. The van der Waals surface area contributed by atoms with Crippen molar-refractivity contribution in [2.45, 2.75) is 13.0 Å². The van der Waals surface area contributed by atoms with Gasteiger partial charge < -0.3 is 9.64 Å². The van der Waals surface area contributed by atoms with Gasteiger partial charge in [-0.05, 0) is 24.6 Å². The number of anilines is 1. The highest BCUT2D eigenvalue weighted by atomic mass is 35.5. The van der Waals surface area contributed by atoms with Crippen LogP contribution in [0.1, 0.15) is 6.92 Å². The largest absolute Gasteiger partial charge is 0.375 e. The van der Waals surface area contributed by atoms with Gasteiger partial charge in [-0.25, -0.2) is 9.97 Å². The highest BCUT2D eigenvalue weighted by molar-refractivity contribution is 6.28. The van der Waals surface area contributed by atoms with Gasteiger partial charge in [0.05, 0.1) is 6.10 Å². The molecule has 1 aromatic heterocycles. The summed E-state index contributed by atoms with van der Waals surface area (Å²) in [5.41, 5.74) is 0. The van der Waals surface area contributed by atoms with Crippen molar-refractivity contribution < 1.29 is 4.74 Å². The fraction of sp³-hybridized carbons (Fsp3) is 0.556. The van der Waals surface area contributed by atoms with E-state index in [9.17, 15) is 0 Å². The second kappa shape index (κ2) is 4.11. The van der Waals surface area contributed by atoms with E-state index in [1.54, 1.807) is 6.20 Å². The smallest absolute Gasteiger partial charge is 0.224 e. The molecule has 76 valence electrons. The summed E-state index contributed by atoms with van der Waals surface area (Å²) in [6, 6.07) is 1.86. The van der Waals surface area contributed by atoms with Crippen molar-refractivity contribution in [2.75, 3.05) is 24.6 Å². The highest BCUT2D eigenvalue weighted by Crippen LogP contribution is 2.20. The first-order valence-corrected chi connectivity index (χ1v) is 5.02. The summed E-state index contributed by atoms with van der Waals surface area (Å²) in [5.74, 6) is 0.876. The molecule has 1 aliphatic heterocycles. The van der Waals surface area contributed by atoms with Crippen LogP contribution in [0.2, 0.25) is 5.28 Å². The Bertz CT molecular complexity index is 315. The van der Waals surface area contributed by atoms with E-state index in [-0.39, 0.29) is 0 Å². The van der Waals surface area contributed by atoms with Gasteiger partial charge in [0.25, 0.3) is 0 Å². The number of nitrogens with zero attached hydrogens (tertiary/aromatic N) is 3. The number of halogens is 1. The zero-order valence-corrected chi connectivity index (χ0v) is 8.74. The molecule has 14 heavy (non-hydrogen) atoms. The Balaban J connectivity index is 1.93. The van der Waals surface area contributed by atoms with Crippen molar-refractivity contribution in [3.05, 3.63) is 17.5 Å². The zero-order chi connectivity index (χ0) is 9.97. The van der Waals surface area contributed by atoms with E-state index >= 15 is 0 Å². The first kappa shape index (κ1) is 9.68. The number of aromatic nitrogens is 2. The molecule has 1 saturated heterocycles. The fourth-order valence-corrected chi connectivity index (χ4v) is 1.61. The first-order chi connectivity index (χ1) is 6.79. The van der Waals surface area contributed by atoms with Crippen LogP contribution < -0.4 is 4.90 Å². The third-order valence-electron chi connectivity index (χ3n) is 2.19. The van der Waals surface area contributed by atoms with E-state index in [1.165, 1.54) is 0 Å². The van der Waals surface area contributed by atoms with E-state index in [1.807, 2.05) is 13.0 Å². The van der Waals surface area contributed by atoms with Gasteiger partial charge in [-0.2, -0.15) is 0 Å². The Morgan fingerprint density at radius 1 is 1.64 bits per heavy atom. The lowest BCUT2D eigenvalue weighted by Gasteiger charge is -2.39. The molecule has 0 spiro atoms. The monoisotopic (exact) mass is 213 g/mol. The molecular weight excluding hydrogens is 202 g/mol. The number of hydrogen-bond donors (Lipinski definition) is 0. The van der Waals surface area contributed by atoms with Gasteiger partial charge in [0.1, 0.15) is 5.82 Å². The molecule has 5 heteroatoms. The van der Waals surface area contributed by atoms with Crippen LogP contribution >= 0.6 is 11.6 Å². The molecule has 0 bridgehead atoms. The van der Waals surface area contributed by atoms with Gasteiger partial charge in [0.15, 0.2) is 0 Å². The molecule has 0 amide bonds. The molecule has 0 atom stereocenters. The van der Waals surface area contributed by atoms with Gasteiger partial charge in [0, 0.05) is 25.9 Å². The SMILES string of the molecule is CCOC1CN(c2ccnc(Cl)n2)C1. The average Bonchev–Trinajstić information content (AvgIpc) is 2.10. The van der Waals surface area contributed by atoms with Gasteiger partial charge in [-0.3, -0.25) is 0 Å². The van der Waals surface area contributed by atoms with Gasteiger partial charge >= 0.3 is 0 Å². The molecule has 1 aliphatic rings. The summed E-state index contributed by atoms with van der Waals surface area (Å²) in [6.07, 6.45) is 2.01. The lowest BCUT2D eigenvalue weighted by molar-refractivity contribution is 0.0427. The van der Waals surface area contributed by atoms with Crippen LogP contribution in [0.3, 0.4) is 0 Å². The van der Waals surface area contributed by atoms with Crippen LogP contribution in [0.15, 0.2) is 12.3 Å². The van der Waals surface area contributed by atoms with E-state index in [0.717, 1.165) is 25.5 Å². The summed E-state index contributed by atoms with van der Waals surface area (Å²) >= 11 is 5.69. The average molecular weight is 214 g/mol. The Labute approximate surface area is 87.9 Å². The van der Waals surface area contributed by atoms with Gasteiger partial charge in [-0.1, -0.05) is 0 Å². The second-order valence-corrected chi connectivity index (χ2v) is 3.50. The molecule has 0 aromatic carbocycles. The van der Waals surface area contributed by atoms with Crippen molar-refractivity contribution in [3.63, 3.8) is 0 Å². The van der Waals surface area contributed by atoms with E-state index in [0.29, 0.717) is 11.4 Å². The lowest BCUT2D eigenvalue weighted by atomic mass is 10.2. The maximum Gasteiger partial charge on any atom is 0.224 e. The normalized spacial score (nSPS) is 16.9. The Kier molecular flexibility index (Phi) is 2.84. The minimum atomic E-state index is 0.294. The van der Waals surface area contributed by atoms with Crippen LogP contribution in [-0.4, -0.2) is 35.8 Å². The molecule has 0 unspecified atom stereocenters. The quantitative estimate of drug-likeness (QED) is 0.711. The molecule has 0 N–H and O–H groups in total. The van der Waals surface area contributed by atoms with Crippen LogP contribution in [0.4, 0.5) is 5.82 Å². The zero-order valence-electron chi connectivity index (χ0n) is 7.98. The molecule has 0 radical (unpaired) electrons. The third kappa shape index (κ3) is 1.96. The Hall–Kier alpha value is -0.870. The van der Waals surface area contributed by atoms with Crippen molar-refractivity contribution in [2.24, 2.45) is 0 Å².